The van der Waals surface area contributed by atoms with E-state index >= 15 is 0 Å². The van der Waals surface area contributed by atoms with E-state index in [-0.39, 0.29) is 5.82 Å². The summed E-state index contributed by atoms with van der Waals surface area (Å²) in [7, 11) is 0. The van der Waals surface area contributed by atoms with Crippen molar-refractivity contribution >= 4 is 11.3 Å². The molecule has 1 aliphatic rings. The van der Waals surface area contributed by atoms with Crippen molar-refractivity contribution in [1.82, 2.24) is 4.98 Å². The number of thiazole rings is 1. The SMILES string of the molecule is Cc1cc(-c2nc3c(s2)CCCC3CN)ccc1F. The standard InChI is InChI=1S/C15H17FN2S/c1-9-7-10(5-6-12(9)16)15-18-14-11(8-17)3-2-4-13(14)19-15/h5-7,11H,2-4,8,17H2,1H3. The second-order valence-electron chi connectivity index (χ2n) is 5.12. The normalized spacial score (nSPS) is 18.4. The molecule has 2 nitrogen and oxygen atoms in total. The minimum Gasteiger partial charge on any atom is -0.330 e. The molecular formula is C15H17FN2S. The number of benzene rings is 1. The molecule has 1 heterocycles. The molecule has 1 aliphatic carbocycles. The molecule has 0 bridgehead atoms. The molecule has 4 heteroatoms. The van der Waals surface area contributed by atoms with E-state index in [0.717, 1.165) is 23.4 Å². The van der Waals surface area contributed by atoms with Gasteiger partial charge in [0.25, 0.3) is 0 Å². The van der Waals surface area contributed by atoms with Gasteiger partial charge in [-0.2, -0.15) is 0 Å². The highest BCUT2D eigenvalue weighted by Gasteiger charge is 2.24. The number of nitrogens with two attached hydrogens (primary N) is 1. The van der Waals surface area contributed by atoms with Crippen LogP contribution in [0, 0.1) is 12.7 Å². The van der Waals surface area contributed by atoms with Gasteiger partial charge >= 0.3 is 0 Å². The quantitative estimate of drug-likeness (QED) is 0.909. The molecular weight excluding hydrogens is 259 g/mol. The number of halogens is 1. The maximum Gasteiger partial charge on any atom is 0.126 e. The first-order chi connectivity index (χ1) is 9.19. The first kappa shape index (κ1) is 12.8. The summed E-state index contributed by atoms with van der Waals surface area (Å²) in [4.78, 5) is 6.12. The van der Waals surface area contributed by atoms with Gasteiger partial charge in [0.15, 0.2) is 0 Å². The average Bonchev–Trinajstić information content (AvgIpc) is 2.85. The lowest BCUT2D eigenvalue weighted by molar-refractivity contribution is 0.554. The predicted octanol–water partition coefficient (Wildman–Crippen LogP) is 3.64. The topological polar surface area (TPSA) is 38.9 Å². The van der Waals surface area contributed by atoms with E-state index in [1.807, 2.05) is 12.1 Å². The van der Waals surface area contributed by atoms with E-state index in [1.165, 1.54) is 23.1 Å². The lowest BCUT2D eigenvalue weighted by Gasteiger charge is -2.18. The molecule has 100 valence electrons. The van der Waals surface area contributed by atoms with E-state index in [2.05, 4.69) is 0 Å². The molecule has 0 spiro atoms. The second kappa shape index (κ2) is 5.02. The van der Waals surface area contributed by atoms with Gasteiger partial charge in [-0.25, -0.2) is 9.37 Å². The molecule has 2 N–H and O–H groups in total. The number of aromatic nitrogens is 1. The average molecular weight is 276 g/mol. The zero-order valence-electron chi connectivity index (χ0n) is 10.9. The third-order valence-electron chi connectivity index (χ3n) is 3.76. The van der Waals surface area contributed by atoms with Crippen molar-refractivity contribution in [2.24, 2.45) is 5.73 Å². The Bertz CT molecular complexity index is 606. The van der Waals surface area contributed by atoms with E-state index in [1.54, 1.807) is 18.3 Å². The molecule has 1 unspecified atom stereocenters. The van der Waals surface area contributed by atoms with Gasteiger partial charge in [0.05, 0.1) is 5.69 Å². The van der Waals surface area contributed by atoms with Crippen LogP contribution in [0.15, 0.2) is 18.2 Å². The smallest absolute Gasteiger partial charge is 0.126 e. The Morgan fingerprint density at radius 2 is 2.32 bits per heavy atom. The van der Waals surface area contributed by atoms with Crippen molar-refractivity contribution < 1.29 is 4.39 Å². The van der Waals surface area contributed by atoms with Crippen LogP contribution in [0.1, 0.15) is 34.9 Å². The van der Waals surface area contributed by atoms with Crippen LogP contribution in [0.3, 0.4) is 0 Å². The third-order valence-corrected chi connectivity index (χ3v) is 4.94. The van der Waals surface area contributed by atoms with Crippen LogP contribution in [-0.2, 0) is 6.42 Å². The number of rotatable bonds is 2. The lowest BCUT2D eigenvalue weighted by Crippen LogP contribution is -2.17. The molecule has 1 aromatic carbocycles. The summed E-state index contributed by atoms with van der Waals surface area (Å²) in [6.45, 7) is 2.45. The van der Waals surface area contributed by atoms with Gasteiger partial charge in [0.1, 0.15) is 10.8 Å². The zero-order chi connectivity index (χ0) is 13.4. The van der Waals surface area contributed by atoms with E-state index < -0.39 is 0 Å². The van der Waals surface area contributed by atoms with E-state index in [4.69, 9.17) is 10.7 Å². The Hall–Kier alpha value is -1.26. The van der Waals surface area contributed by atoms with Gasteiger partial charge in [-0.05, 0) is 49.9 Å². The van der Waals surface area contributed by atoms with Gasteiger partial charge in [-0.1, -0.05) is 0 Å². The molecule has 0 aliphatic heterocycles. The number of nitrogens with zero attached hydrogens (tertiary/aromatic N) is 1. The fraction of sp³-hybridized carbons (Fsp3) is 0.400. The summed E-state index contributed by atoms with van der Waals surface area (Å²) in [5.74, 6) is 0.236. The van der Waals surface area contributed by atoms with E-state index in [9.17, 15) is 4.39 Å². The maximum atomic E-state index is 13.3. The fourth-order valence-corrected chi connectivity index (χ4v) is 3.82. The fourth-order valence-electron chi connectivity index (χ4n) is 2.64. The molecule has 3 rings (SSSR count). The van der Waals surface area contributed by atoms with Crippen LogP contribution in [-0.4, -0.2) is 11.5 Å². The first-order valence-corrected chi connectivity index (χ1v) is 7.47. The summed E-state index contributed by atoms with van der Waals surface area (Å²) >= 11 is 1.73. The Kier molecular flexibility index (Phi) is 3.37. The monoisotopic (exact) mass is 276 g/mol. The lowest BCUT2D eigenvalue weighted by atomic mass is 9.91. The highest BCUT2D eigenvalue weighted by atomic mass is 32.1. The third kappa shape index (κ3) is 2.30. The molecule has 1 atom stereocenters. The number of aryl methyl sites for hydroxylation is 2. The molecule has 0 fully saturated rings. The highest BCUT2D eigenvalue weighted by Crippen LogP contribution is 2.37. The summed E-state index contributed by atoms with van der Waals surface area (Å²) < 4.78 is 13.3. The number of hydrogen-bond donors (Lipinski definition) is 1. The van der Waals surface area contributed by atoms with Crippen LogP contribution < -0.4 is 5.73 Å². The molecule has 0 saturated carbocycles. The maximum absolute atomic E-state index is 13.3. The van der Waals surface area contributed by atoms with Crippen molar-refractivity contribution in [3.8, 4) is 10.6 Å². The molecule has 0 amide bonds. The highest BCUT2D eigenvalue weighted by molar-refractivity contribution is 7.15. The van der Waals surface area contributed by atoms with Crippen molar-refractivity contribution in [3.05, 3.63) is 40.2 Å². The van der Waals surface area contributed by atoms with Gasteiger partial charge < -0.3 is 5.73 Å². The minimum atomic E-state index is -0.162. The molecule has 1 aromatic heterocycles. The molecule has 0 saturated heterocycles. The molecule has 2 aromatic rings. The Balaban J connectivity index is 2.02. The van der Waals surface area contributed by atoms with Crippen LogP contribution >= 0.6 is 11.3 Å². The van der Waals surface area contributed by atoms with Crippen molar-refractivity contribution in [3.63, 3.8) is 0 Å². The second-order valence-corrected chi connectivity index (χ2v) is 6.20. The minimum absolute atomic E-state index is 0.162. The Morgan fingerprint density at radius 1 is 1.47 bits per heavy atom. The van der Waals surface area contributed by atoms with Gasteiger partial charge in [-0.3, -0.25) is 0 Å². The summed E-state index contributed by atoms with van der Waals surface area (Å²) in [6, 6.07) is 5.20. The first-order valence-electron chi connectivity index (χ1n) is 6.65. The molecule has 0 radical (unpaired) electrons. The van der Waals surface area contributed by atoms with Gasteiger partial charge in [0.2, 0.25) is 0 Å². The van der Waals surface area contributed by atoms with Crippen LogP contribution in [0.5, 0.6) is 0 Å². The number of fused-ring (bicyclic) bond motifs is 1. The van der Waals surface area contributed by atoms with Crippen LogP contribution in [0.25, 0.3) is 10.6 Å². The van der Waals surface area contributed by atoms with Gasteiger partial charge in [0, 0.05) is 22.9 Å². The van der Waals surface area contributed by atoms with Crippen molar-refractivity contribution in [1.29, 1.82) is 0 Å². The van der Waals surface area contributed by atoms with Gasteiger partial charge in [-0.15, -0.1) is 11.3 Å². The van der Waals surface area contributed by atoms with Crippen LogP contribution in [0.4, 0.5) is 4.39 Å². The number of hydrogen-bond acceptors (Lipinski definition) is 3. The summed E-state index contributed by atoms with van der Waals surface area (Å²) in [6.07, 6.45) is 3.43. The largest absolute Gasteiger partial charge is 0.330 e. The van der Waals surface area contributed by atoms with Crippen molar-refractivity contribution in [2.45, 2.75) is 32.1 Å². The summed E-state index contributed by atoms with van der Waals surface area (Å²) in [5, 5.41) is 0.994. The predicted molar refractivity (Wildman–Crippen MR) is 77.0 cm³/mol. The Morgan fingerprint density at radius 3 is 3.05 bits per heavy atom. The zero-order valence-corrected chi connectivity index (χ0v) is 11.8. The summed E-state index contributed by atoms with van der Waals surface area (Å²) in [5.41, 5.74) is 8.68. The molecule has 19 heavy (non-hydrogen) atoms. The Labute approximate surface area is 116 Å². The van der Waals surface area contributed by atoms with Crippen molar-refractivity contribution in [2.75, 3.05) is 6.54 Å². The van der Waals surface area contributed by atoms with E-state index in [0.29, 0.717) is 18.0 Å². The van der Waals surface area contributed by atoms with Crippen LogP contribution in [0.2, 0.25) is 0 Å².